The van der Waals surface area contributed by atoms with Crippen molar-refractivity contribution in [1.82, 2.24) is 10.3 Å². The van der Waals surface area contributed by atoms with Crippen molar-refractivity contribution >= 4 is 39.0 Å². The fourth-order valence-electron chi connectivity index (χ4n) is 2.91. The number of fused-ring (bicyclic) bond motifs is 1. The number of benzene rings is 1. The van der Waals surface area contributed by atoms with E-state index < -0.39 is 0 Å². The zero-order chi connectivity index (χ0) is 21.5. The van der Waals surface area contributed by atoms with Crippen LogP contribution in [0.25, 0.3) is 10.2 Å². The minimum atomic E-state index is -0.359. The Morgan fingerprint density at radius 3 is 2.70 bits per heavy atom. The number of Topliss-reactive ketones (excluding diaryl/α,β-unsaturated/α-hetero) is 2. The topological polar surface area (TPSA) is 94.6 Å². The van der Waals surface area contributed by atoms with E-state index in [1.165, 1.54) is 18.4 Å². The van der Waals surface area contributed by atoms with Crippen molar-refractivity contribution < 1.29 is 23.9 Å². The number of nitrogens with zero attached hydrogens (tertiary/aromatic N) is 1. The number of carbonyl (C=O) groups is 3. The molecule has 1 N–H and O–H groups in total. The first-order chi connectivity index (χ1) is 14.5. The monoisotopic (exact) mass is 426 g/mol. The summed E-state index contributed by atoms with van der Waals surface area (Å²) >= 11 is 1.44. The van der Waals surface area contributed by atoms with Gasteiger partial charge in [-0.2, -0.15) is 0 Å². The van der Waals surface area contributed by atoms with Crippen molar-refractivity contribution in [2.75, 3.05) is 20.3 Å². The van der Waals surface area contributed by atoms with Crippen LogP contribution in [0.15, 0.2) is 41.9 Å². The Morgan fingerprint density at radius 1 is 1.10 bits per heavy atom. The van der Waals surface area contributed by atoms with Gasteiger partial charge in [0.05, 0.1) is 36.0 Å². The highest BCUT2D eigenvalue weighted by molar-refractivity contribution is 7.17. The zero-order valence-corrected chi connectivity index (χ0v) is 17.6. The third kappa shape index (κ3) is 5.01. The van der Waals surface area contributed by atoms with Crippen LogP contribution in [-0.4, -0.2) is 42.7 Å². The average molecular weight is 426 g/mol. The van der Waals surface area contributed by atoms with E-state index >= 15 is 0 Å². The molecule has 8 heteroatoms. The number of methoxy groups -OCH3 is 1. The second-order valence-electron chi connectivity index (χ2n) is 6.42. The molecule has 0 saturated heterocycles. The van der Waals surface area contributed by atoms with Gasteiger partial charge in [-0.05, 0) is 37.3 Å². The van der Waals surface area contributed by atoms with Crippen LogP contribution in [0, 0.1) is 0 Å². The predicted octanol–water partition coefficient (Wildman–Crippen LogP) is 3.67. The Morgan fingerprint density at radius 2 is 1.93 bits per heavy atom. The number of hydrogen-bond donors (Lipinski definition) is 1. The van der Waals surface area contributed by atoms with Gasteiger partial charge >= 0.3 is 0 Å². The van der Waals surface area contributed by atoms with Crippen molar-refractivity contribution in [2.45, 2.75) is 19.8 Å². The fraction of sp³-hybridized carbons (Fsp3) is 0.273. The van der Waals surface area contributed by atoms with Gasteiger partial charge in [-0.1, -0.05) is 0 Å². The van der Waals surface area contributed by atoms with Crippen molar-refractivity contribution in [3.8, 4) is 11.5 Å². The van der Waals surface area contributed by atoms with Crippen molar-refractivity contribution in [2.24, 2.45) is 0 Å². The molecule has 0 unspecified atom stereocenters. The molecule has 0 atom stereocenters. The van der Waals surface area contributed by atoms with Gasteiger partial charge in [0.2, 0.25) is 5.91 Å². The number of amides is 1. The molecule has 0 saturated carbocycles. The molecule has 0 aliphatic carbocycles. The highest BCUT2D eigenvalue weighted by Crippen LogP contribution is 2.28. The third-order valence-corrected chi connectivity index (χ3v) is 5.38. The van der Waals surface area contributed by atoms with E-state index in [1.807, 2.05) is 19.1 Å². The maximum absolute atomic E-state index is 12.4. The van der Waals surface area contributed by atoms with E-state index in [-0.39, 0.29) is 36.9 Å². The number of hydrogen-bond acceptors (Lipinski definition) is 7. The van der Waals surface area contributed by atoms with Crippen LogP contribution in [0.1, 0.15) is 40.5 Å². The largest absolute Gasteiger partial charge is 0.493 e. The van der Waals surface area contributed by atoms with Crippen molar-refractivity contribution in [1.29, 1.82) is 0 Å². The molecule has 2 aromatic heterocycles. The number of carbonyl (C=O) groups excluding carboxylic acids is 3. The van der Waals surface area contributed by atoms with Crippen LogP contribution in [0.4, 0.5) is 0 Å². The number of pyridine rings is 1. The Bertz CT molecular complexity index is 1080. The second-order valence-corrected chi connectivity index (χ2v) is 7.33. The highest BCUT2D eigenvalue weighted by atomic mass is 32.1. The number of ketones is 2. The minimum absolute atomic E-state index is 0.00965. The molecule has 3 rings (SSSR count). The lowest BCUT2D eigenvalue weighted by molar-refractivity contribution is -0.120. The molecule has 30 heavy (non-hydrogen) atoms. The van der Waals surface area contributed by atoms with Crippen molar-refractivity contribution in [3.05, 3.63) is 53.0 Å². The van der Waals surface area contributed by atoms with E-state index in [0.29, 0.717) is 34.7 Å². The number of thiophene rings is 1. The van der Waals surface area contributed by atoms with E-state index in [4.69, 9.17) is 9.47 Å². The Balaban J connectivity index is 1.52. The quantitative estimate of drug-likeness (QED) is 0.497. The predicted molar refractivity (Wildman–Crippen MR) is 115 cm³/mol. The van der Waals surface area contributed by atoms with E-state index in [1.54, 1.807) is 29.8 Å². The van der Waals surface area contributed by atoms with Gasteiger partial charge in [-0.25, -0.2) is 0 Å². The Labute approximate surface area is 178 Å². The highest BCUT2D eigenvalue weighted by Gasteiger charge is 2.16. The Kier molecular flexibility index (Phi) is 7.13. The summed E-state index contributed by atoms with van der Waals surface area (Å²) in [5, 5.41) is 4.33. The lowest BCUT2D eigenvalue weighted by Gasteiger charge is -2.10. The van der Waals surface area contributed by atoms with E-state index in [2.05, 4.69) is 10.3 Å². The molecule has 2 heterocycles. The van der Waals surface area contributed by atoms with Gasteiger partial charge in [-0.15, -0.1) is 11.3 Å². The molecule has 3 aromatic rings. The molecule has 0 spiro atoms. The molecule has 1 aromatic carbocycles. The number of ether oxygens (including phenoxy) is 2. The van der Waals surface area contributed by atoms with Crippen LogP contribution in [-0.2, 0) is 4.79 Å². The van der Waals surface area contributed by atoms with Crippen LogP contribution in [0.2, 0.25) is 0 Å². The number of rotatable bonds is 10. The summed E-state index contributed by atoms with van der Waals surface area (Å²) in [5.41, 5.74) is 1.57. The van der Waals surface area contributed by atoms with Crippen molar-refractivity contribution in [3.63, 3.8) is 0 Å². The molecule has 0 fully saturated rings. The standard InChI is InChI=1S/C22H22N2O5S/c1-3-29-18-8-6-14(11-19(18)28-2)16(25)7-9-21(27)24-12-17(26)15-13-30-20-5-4-10-23-22(15)20/h4-6,8,10-11,13H,3,7,9,12H2,1-2H3,(H,24,27). The van der Waals surface area contributed by atoms with Gasteiger partial charge in [0.25, 0.3) is 0 Å². The molecule has 7 nitrogen and oxygen atoms in total. The van der Waals surface area contributed by atoms with Gasteiger partial charge in [0.1, 0.15) is 0 Å². The van der Waals surface area contributed by atoms with Crippen LogP contribution < -0.4 is 14.8 Å². The summed E-state index contributed by atoms with van der Waals surface area (Å²) in [6.45, 7) is 2.21. The third-order valence-electron chi connectivity index (χ3n) is 4.44. The molecule has 0 radical (unpaired) electrons. The first-order valence-electron chi connectivity index (χ1n) is 9.49. The summed E-state index contributed by atoms with van der Waals surface area (Å²) in [6, 6.07) is 8.62. The first-order valence-corrected chi connectivity index (χ1v) is 10.4. The molecule has 156 valence electrons. The van der Waals surface area contributed by atoms with Crippen LogP contribution >= 0.6 is 11.3 Å². The van der Waals surface area contributed by atoms with Gasteiger partial charge in [-0.3, -0.25) is 19.4 Å². The van der Waals surface area contributed by atoms with Gasteiger partial charge in [0, 0.05) is 30.0 Å². The molecule has 0 bridgehead atoms. The summed E-state index contributed by atoms with van der Waals surface area (Å²) < 4.78 is 11.6. The lowest BCUT2D eigenvalue weighted by atomic mass is 10.1. The van der Waals surface area contributed by atoms with Crippen LogP contribution in [0.3, 0.4) is 0 Å². The van der Waals surface area contributed by atoms with E-state index in [9.17, 15) is 14.4 Å². The van der Waals surface area contributed by atoms with Crippen LogP contribution in [0.5, 0.6) is 11.5 Å². The first kappa shape index (κ1) is 21.4. The summed E-state index contributed by atoms with van der Waals surface area (Å²) in [5.74, 6) is 0.265. The lowest BCUT2D eigenvalue weighted by Crippen LogP contribution is -2.29. The summed E-state index contributed by atoms with van der Waals surface area (Å²) in [6.07, 6.45) is 1.65. The average Bonchev–Trinajstić information content (AvgIpc) is 3.20. The molecule has 0 aliphatic rings. The van der Waals surface area contributed by atoms with Gasteiger partial charge < -0.3 is 14.8 Å². The van der Waals surface area contributed by atoms with Gasteiger partial charge in [0.15, 0.2) is 23.1 Å². The second kappa shape index (κ2) is 9.98. The fourth-order valence-corrected chi connectivity index (χ4v) is 3.83. The van der Waals surface area contributed by atoms with E-state index in [0.717, 1.165) is 4.70 Å². The molecular formula is C22H22N2O5S. The maximum atomic E-state index is 12.4. The molecule has 0 aliphatic heterocycles. The SMILES string of the molecule is CCOc1ccc(C(=O)CCC(=O)NCC(=O)c2csc3cccnc23)cc1OC. The molecule has 1 amide bonds. The summed E-state index contributed by atoms with van der Waals surface area (Å²) in [4.78, 5) is 41.1. The molecular weight excluding hydrogens is 404 g/mol. The Hall–Kier alpha value is -3.26. The smallest absolute Gasteiger partial charge is 0.220 e. The number of aromatic nitrogens is 1. The zero-order valence-electron chi connectivity index (χ0n) is 16.8. The minimum Gasteiger partial charge on any atom is -0.493 e. The number of nitrogens with one attached hydrogen (secondary N) is 1. The maximum Gasteiger partial charge on any atom is 0.220 e. The summed E-state index contributed by atoms with van der Waals surface area (Å²) in [7, 11) is 1.50. The normalized spacial score (nSPS) is 10.6.